The van der Waals surface area contributed by atoms with Crippen LogP contribution < -0.4 is 25.4 Å². The second-order valence-electron chi connectivity index (χ2n) is 8.81. The van der Waals surface area contributed by atoms with Crippen molar-refractivity contribution in [2.45, 2.75) is 53.0 Å². The van der Waals surface area contributed by atoms with Gasteiger partial charge < -0.3 is 20.5 Å². The Labute approximate surface area is 209 Å². The van der Waals surface area contributed by atoms with Crippen LogP contribution in [0.15, 0.2) is 54.6 Å². The van der Waals surface area contributed by atoms with E-state index < -0.39 is 0 Å². The largest absolute Gasteiger partial charge is 0.497 e. The van der Waals surface area contributed by atoms with E-state index in [-0.39, 0.29) is 6.03 Å². The minimum atomic E-state index is -0.227. The first-order chi connectivity index (χ1) is 16.8. The van der Waals surface area contributed by atoms with Crippen molar-refractivity contribution in [2.24, 2.45) is 0 Å². The molecule has 0 heterocycles. The van der Waals surface area contributed by atoms with Crippen molar-refractivity contribution in [3.63, 3.8) is 0 Å². The van der Waals surface area contributed by atoms with E-state index in [1.807, 2.05) is 49.4 Å². The van der Waals surface area contributed by atoms with Crippen LogP contribution in [0.5, 0.6) is 11.5 Å². The number of anilines is 3. The predicted molar refractivity (Wildman–Crippen MR) is 145 cm³/mol. The van der Waals surface area contributed by atoms with E-state index in [1.54, 1.807) is 19.1 Å². The number of amides is 2. The van der Waals surface area contributed by atoms with Crippen LogP contribution in [0.4, 0.5) is 21.9 Å². The summed E-state index contributed by atoms with van der Waals surface area (Å²) in [6, 6.07) is 17.4. The van der Waals surface area contributed by atoms with Gasteiger partial charge in [-0.1, -0.05) is 45.9 Å². The summed E-state index contributed by atoms with van der Waals surface area (Å²) >= 11 is 0. The Morgan fingerprint density at radius 2 is 1.63 bits per heavy atom. The lowest BCUT2D eigenvalue weighted by atomic mass is 10.0. The summed E-state index contributed by atoms with van der Waals surface area (Å²) in [4.78, 5) is 15.5. The number of benzene rings is 3. The molecular weight excluding hydrogens is 438 g/mol. The van der Waals surface area contributed by atoms with E-state index >= 15 is 0 Å². The third-order valence-corrected chi connectivity index (χ3v) is 6.34. The summed E-state index contributed by atoms with van der Waals surface area (Å²) in [7, 11) is 3.24. The highest BCUT2D eigenvalue weighted by Gasteiger charge is 2.21. The quantitative estimate of drug-likeness (QED) is 0.335. The van der Waals surface area contributed by atoms with Crippen LogP contribution >= 0.6 is 0 Å². The molecule has 3 aromatic carbocycles. The van der Waals surface area contributed by atoms with Gasteiger partial charge in [0.05, 0.1) is 26.5 Å². The summed E-state index contributed by atoms with van der Waals surface area (Å²) in [5.74, 6) is 1.76. The summed E-state index contributed by atoms with van der Waals surface area (Å²) < 4.78 is 10.9. The molecule has 0 aliphatic rings. The number of nitrogens with two attached hydrogens (primary N) is 1. The second-order valence-corrected chi connectivity index (χ2v) is 8.81. The Morgan fingerprint density at radius 3 is 2.20 bits per heavy atom. The topological polar surface area (TPSA) is 76.8 Å². The fourth-order valence-electron chi connectivity index (χ4n) is 4.19. The molecule has 3 rings (SSSR count). The molecule has 0 saturated carbocycles. The summed E-state index contributed by atoms with van der Waals surface area (Å²) in [5.41, 5.74) is 12.6. The van der Waals surface area contributed by atoms with Gasteiger partial charge in [0, 0.05) is 23.0 Å². The van der Waals surface area contributed by atoms with Gasteiger partial charge in [0.25, 0.3) is 0 Å². The van der Waals surface area contributed by atoms with E-state index in [4.69, 9.17) is 15.2 Å². The number of hydrogen-bond donors (Lipinski definition) is 2. The molecule has 186 valence electrons. The van der Waals surface area contributed by atoms with Gasteiger partial charge in [-0.2, -0.15) is 0 Å². The molecule has 2 amide bonds. The van der Waals surface area contributed by atoms with Crippen molar-refractivity contribution in [3.8, 4) is 11.5 Å². The monoisotopic (exact) mass is 475 g/mol. The molecule has 0 saturated heterocycles. The molecule has 6 heteroatoms. The van der Waals surface area contributed by atoms with E-state index in [1.165, 1.54) is 5.56 Å². The van der Waals surface area contributed by atoms with Crippen LogP contribution in [0.2, 0.25) is 0 Å². The minimum absolute atomic E-state index is 0.227. The van der Waals surface area contributed by atoms with Gasteiger partial charge in [0.2, 0.25) is 0 Å². The standard InChI is InChI=1S/C29H37N3O3/c1-7-20-12-16-26(30)25(8-2)28(20)31-29(33)32(23-13-9-21(10-14-23)19(3)4)18-22-11-15-24(34-5)17-27(22)35-6/h9-17,19H,7-8,18,30H2,1-6H3,(H,31,33). The number of carbonyl (C=O) groups excluding carboxylic acids is 1. The number of carbonyl (C=O) groups is 1. The number of ether oxygens (including phenoxy) is 2. The maximum atomic E-state index is 13.8. The normalized spacial score (nSPS) is 10.8. The van der Waals surface area contributed by atoms with Crippen molar-refractivity contribution in [2.75, 3.05) is 30.2 Å². The van der Waals surface area contributed by atoms with Crippen molar-refractivity contribution in [3.05, 3.63) is 76.9 Å². The van der Waals surface area contributed by atoms with Gasteiger partial charge in [0.15, 0.2) is 0 Å². The SMILES string of the molecule is CCc1ccc(N)c(CC)c1NC(=O)N(Cc1ccc(OC)cc1OC)c1ccc(C(C)C)cc1. The number of aryl methyl sites for hydroxylation is 1. The Bertz CT molecular complexity index is 1160. The molecule has 0 spiro atoms. The zero-order valence-electron chi connectivity index (χ0n) is 21.6. The third-order valence-electron chi connectivity index (χ3n) is 6.34. The molecule has 0 aliphatic heterocycles. The number of rotatable bonds is 9. The van der Waals surface area contributed by atoms with Crippen LogP contribution in [0.1, 0.15) is 55.9 Å². The Morgan fingerprint density at radius 1 is 0.943 bits per heavy atom. The fourth-order valence-corrected chi connectivity index (χ4v) is 4.19. The Hall–Kier alpha value is -3.67. The zero-order valence-corrected chi connectivity index (χ0v) is 21.6. The van der Waals surface area contributed by atoms with Crippen molar-refractivity contribution >= 4 is 23.1 Å². The van der Waals surface area contributed by atoms with Crippen LogP contribution in [0.3, 0.4) is 0 Å². The average Bonchev–Trinajstić information content (AvgIpc) is 2.87. The van der Waals surface area contributed by atoms with Gasteiger partial charge in [-0.3, -0.25) is 4.90 Å². The van der Waals surface area contributed by atoms with Crippen LogP contribution in [-0.4, -0.2) is 20.3 Å². The second kappa shape index (κ2) is 11.6. The van der Waals surface area contributed by atoms with Crippen molar-refractivity contribution in [1.82, 2.24) is 0 Å². The molecule has 0 radical (unpaired) electrons. The summed E-state index contributed by atoms with van der Waals surface area (Å²) in [5, 5.41) is 3.18. The van der Waals surface area contributed by atoms with E-state index in [9.17, 15) is 4.79 Å². The molecule has 0 atom stereocenters. The van der Waals surface area contributed by atoms with Crippen molar-refractivity contribution in [1.29, 1.82) is 0 Å². The molecule has 0 aliphatic carbocycles. The average molecular weight is 476 g/mol. The predicted octanol–water partition coefficient (Wildman–Crippen LogP) is 6.77. The number of nitrogens with one attached hydrogen (secondary N) is 1. The fraction of sp³-hybridized carbons (Fsp3) is 0.345. The van der Waals surface area contributed by atoms with Crippen LogP contribution in [0.25, 0.3) is 0 Å². The van der Waals surface area contributed by atoms with Crippen LogP contribution in [-0.2, 0) is 19.4 Å². The Balaban J connectivity index is 2.04. The highest BCUT2D eigenvalue weighted by molar-refractivity contribution is 6.03. The molecule has 35 heavy (non-hydrogen) atoms. The molecular formula is C29H37N3O3. The molecule has 6 nitrogen and oxygen atoms in total. The number of urea groups is 1. The van der Waals surface area contributed by atoms with E-state index in [2.05, 4.69) is 38.2 Å². The van der Waals surface area contributed by atoms with Crippen LogP contribution in [0, 0.1) is 0 Å². The molecule has 0 unspecified atom stereocenters. The lowest BCUT2D eigenvalue weighted by Gasteiger charge is -2.26. The van der Waals surface area contributed by atoms with Gasteiger partial charge in [0.1, 0.15) is 11.5 Å². The maximum absolute atomic E-state index is 13.8. The van der Waals surface area contributed by atoms with Gasteiger partial charge in [-0.15, -0.1) is 0 Å². The highest BCUT2D eigenvalue weighted by atomic mass is 16.5. The van der Waals surface area contributed by atoms with Gasteiger partial charge in [-0.25, -0.2) is 4.79 Å². The maximum Gasteiger partial charge on any atom is 0.326 e. The minimum Gasteiger partial charge on any atom is -0.497 e. The highest BCUT2D eigenvalue weighted by Crippen LogP contribution is 2.31. The lowest BCUT2D eigenvalue weighted by Crippen LogP contribution is -2.35. The Kier molecular flexibility index (Phi) is 8.63. The first-order valence-corrected chi connectivity index (χ1v) is 12.1. The number of methoxy groups -OCH3 is 2. The number of nitrogens with zero attached hydrogens (tertiary/aromatic N) is 1. The first kappa shape index (κ1) is 25.9. The molecule has 0 bridgehead atoms. The van der Waals surface area contributed by atoms with Gasteiger partial charge in [-0.05, 0) is 65.8 Å². The third kappa shape index (κ3) is 5.88. The molecule has 3 aromatic rings. The molecule has 0 fully saturated rings. The van der Waals surface area contributed by atoms with E-state index in [0.717, 1.165) is 40.9 Å². The van der Waals surface area contributed by atoms with Crippen molar-refractivity contribution < 1.29 is 14.3 Å². The zero-order chi connectivity index (χ0) is 25.5. The molecule has 0 aromatic heterocycles. The smallest absolute Gasteiger partial charge is 0.326 e. The van der Waals surface area contributed by atoms with E-state index in [0.29, 0.717) is 29.6 Å². The van der Waals surface area contributed by atoms with Gasteiger partial charge >= 0.3 is 6.03 Å². The summed E-state index contributed by atoms with van der Waals surface area (Å²) in [6.07, 6.45) is 1.52. The first-order valence-electron chi connectivity index (χ1n) is 12.1. The number of nitrogen functional groups attached to an aromatic ring is 1. The lowest BCUT2D eigenvalue weighted by molar-refractivity contribution is 0.256. The molecule has 3 N–H and O–H groups in total. The summed E-state index contributed by atoms with van der Waals surface area (Å²) in [6.45, 7) is 8.75. The number of hydrogen-bond acceptors (Lipinski definition) is 4.